The summed E-state index contributed by atoms with van der Waals surface area (Å²) >= 11 is 0. The lowest BCUT2D eigenvalue weighted by Crippen LogP contribution is -2.47. The van der Waals surface area contributed by atoms with Gasteiger partial charge in [-0.1, -0.05) is 42.0 Å². The van der Waals surface area contributed by atoms with Gasteiger partial charge in [-0.05, 0) is 88.6 Å². The Morgan fingerprint density at radius 3 is 2.24 bits per heavy atom. The first kappa shape index (κ1) is 39.1. The number of nitrogens with one attached hydrogen (secondary N) is 2. The number of aryl methyl sites for hydroxylation is 1. The second-order valence-corrected chi connectivity index (χ2v) is 13.0. The molecule has 1 aliphatic heterocycles. The van der Waals surface area contributed by atoms with E-state index in [4.69, 9.17) is 10.5 Å². The third-order valence-electron chi connectivity index (χ3n) is 8.13. The van der Waals surface area contributed by atoms with Gasteiger partial charge >= 0.3 is 0 Å². The van der Waals surface area contributed by atoms with Crippen molar-refractivity contribution in [1.82, 2.24) is 14.5 Å². The summed E-state index contributed by atoms with van der Waals surface area (Å²) < 4.78 is 2.30. The minimum atomic E-state index is -0.500. The molecule has 0 radical (unpaired) electrons. The van der Waals surface area contributed by atoms with Crippen LogP contribution in [-0.2, 0) is 16.1 Å². The number of hydrogen-bond donors (Lipinski definition) is 3. The molecule has 0 atom stereocenters. The summed E-state index contributed by atoms with van der Waals surface area (Å²) in [6.45, 7) is 20.2. The van der Waals surface area contributed by atoms with E-state index in [1.165, 1.54) is 11.8 Å². The molecule has 5 rings (SSSR count). The normalized spacial score (nSPS) is 13.2. The zero-order valence-electron chi connectivity index (χ0n) is 30.7. The van der Waals surface area contributed by atoms with E-state index in [2.05, 4.69) is 78.3 Å². The van der Waals surface area contributed by atoms with Crippen LogP contribution in [0.15, 0.2) is 91.7 Å². The molecular weight excluding hydrogens is 622 g/mol. The van der Waals surface area contributed by atoms with Crippen LogP contribution in [0.5, 0.6) is 0 Å². The van der Waals surface area contributed by atoms with Crippen molar-refractivity contribution in [2.24, 2.45) is 0 Å². The Kier molecular flexibility index (Phi) is 13.6. The van der Waals surface area contributed by atoms with E-state index in [-0.39, 0.29) is 12.3 Å². The Morgan fingerprint density at radius 2 is 1.66 bits per heavy atom. The van der Waals surface area contributed by atoms with Crippen molar-refractivity contribution in [3.05, 3.63) is 119 Å². The van der Waals surface area contributed by atoms with Crippen LogP contribution in [0.2, 0.25) is 0 Å². The Balaban J connectivity index is 0.000000887. The van der Waals surface area contributed by atoms with E-state index in [0.717, 1.165) is 73.0 Å². The number of aliphatic hydroxyl groups is 1. The van der Waals surface area contributed by atoms with E-state index in [9.17, 15) is 9.59 Å². The summed E-state index contributed by atoms with van der Waals surface area (Å²) in [6, 6.07) is 20.8. The van der Waals surface area contributed by atoms with Gasteiger partial charge in [-0.3, -0.25) is 9.78 Å². The van der Waals surface area contributed by atoms with Crippen molar-refractivity contribution < 1.29 is 14.7 Å². The van der Waals surface area contributed by atoms with Crippen LogP contribution in [0, 0.1) is 12.3 Å². The number of nitrogens with zero attached hydrogens (tertiary/aromatic N) is 3. The van der Waals surface area contributed by atoms with Crippen molar-refractivity contribution in [2.45, 2.75) is 67.0 Å². The Bertz CT molecular complexity index is 1990. The molecule has 1 amide bonds. The number of pyridine rings is 1. The number of hydrogen-bond acceptors (Lipinski definition) is 6. The Hall–Kier alpha value is -5.34. The average Bonchev–Trinajstić information content (AvgIpc) is 3.50. The van der Waals surface area contributed by atoms with Crippen LogP contribution >= 0.6 is 0 Å². The van der Waals surface area contributed by atoms with Gasteiger partial charge in [0.2, 0.25) is 5.91 Å². The average molecular weight is 674 g/mol. The van der Waals surface area contributed by atoms with Crippen LogP contribution in [0.3, 0.4) is 0 Å². The van der Waals surface area contributed by atoms with E-state index >= 15 is 0 Å². The SMILES string of the molecule is C=C.CC(C)(C)O.CNc1ccc(-c2cc(-c3c/c(=C(/C)c4ccc(C)cc4)c4n3CCN(C(C)=O)C=4/C(C)=C/CC=O)ccn2)cc1C=N. The van der Waals surface area contributed by atoms with Crippen LogP contribution < -0.4 is 15.9 Å². The van der Waals surface area contributed by atoms with Gasteiger partial charge in [0.15, 0.2) is 0 Å². The molecular formula is C42H51N5O3. The summed E-state index contributed by atoms with van der Waals surface area (Å²) in [5, 5.41) is 21.5. The van der Waals surface area contributed by atoms with Gasteiger partial charge in [0.1, 0.15) is 6.29 Å². The predicted molar refractivity (Wildman–Crippen MR) is 208 cm³/mol. The monoisotopic (exact) mass is 673 g/mol. The highest BCUT2D eigenvalue weighted by molar-refractivity contribution is 5.89. The van der Waals surface area contributed by atoms with Crippen molar-refractivity contribution in [2.75, 3.05) is 18.9 Å². The standard InChI is InChI=1S/C36H37N5O2.C4H10O.C2H4/c1-23-8-10-27(11-9-23)25(3)31-21-34(41-17-16-40(26(4)43)35(36(31)41)24(2)7-6-18-42)29-14-15-39-33(20-29)28-12-13-32(38-5)30(19-28)22-37;1-4(2,3)5;1-2/h7-15,18-22,37-38H,6,16-17H2,1-5H3;5H,1-3H3;1-2H2/b24-7+,31-25+,37-22?;;. The maximum Gasteiger partial charge on any atom is 0.223 e. The number of aromatic nitrogens is 2. The van der Waals surface area contributed by atoms with Gasteiger partial charge in [0.25, 0.3) is 0 Å². The molecule has 0 fully saturated rings. The summed E-state index contributed by atoms with van der Waals surface area (Å²) in [5.74, 6) is -0.0278. The molecule has 262 valence electrons. The largest absolute Gasteiger partial charge is 0.391 e. The molecule has 50 heavy (non-hydrogen) atoms. The Labute approximate surface area is 296 Å². The molecule has 0 unspecified atom stereocenters. The molecule has 0 bridgehead atoms. The van der Waals surface area contributed by atoms with E-state index in [1.807, 2.05) is 55.4 Å². The molecule has 1 aliphatic rings. The minimum absolute atomic E-state index is 0.0278. The van der Waals surface area contributed by atoms with Gasteiger partial charge in [-0.15, -0.1) is 13.2 Å². The molecule has 8 heteroatoms. The maximum absolute atomic E-state index is 12.9. The molecule has 3 heterocycles. The van der Waals surface area contributed by atoms with Crippen LogP contribution in [0.4, 0.5) is 5.69 Å². The van der Waals surface area contributed by atoms with Crippen molar-refractivity contribution >= 4 is 35.4 Å². The lowest BCUT2D eigenvalue weighted by atomic mass is 10.0. The number of carbonyl (C=O) groups excluding carboxylic acids is 2. The number of benzene rings is 2. The van der Waals surface area contributed by atoms with E-state index in [1.54, 1.807) is 27.7 Å². The number of fused-ring (bicyclic) bond motifs is 1. The number of amides is 1. The topological polar surface area (TPSA) is 111 Å². The van der Waals surface area contributed by atoms with E-state index in [0.29, 0.717) is 13.1 Å². The smallest absolute Gasteiger partial charge is 0.223 e. The maximum atomic E-state index is 12.9. The molecule has 8 nitrogen and oxygen atoms in total. The van der Waals surface area contributed by atoms with Gasteiger partial charge in [0, 0.05) is 79.2 Å². The highest BCUT2D eigenvalue weighted by atomic mass is 16.3. The summed E-state index contributed by atoms with van der Waals surface area (Å²) in [6.07, 6.45) is 6.22. The first-order valence-electron chi connectivity index (χ1n) is 16.7. The van der Waals surface area contributed by atoms with Crippen LogP contribution in [-0.4, -0.2) is 57.2 Å². The fraction of sp³-hybridized carbons (Fsp3) is 0.286. The number of allylic oxidation sites excluding steroid dienone is 1. The van der Waals surface area contributed by atoms with E-state index < -0.39 is 5.60 Å². The van der Waals surface area contributed by atoms with Crippen molar-refractivity contribution in [3.8, 4) is 22.5 Å². The molecule has 3 N–H and O–H groups in total. The fourth-order valence-corrected chi connectivity index (χ4v) is 5.81. The van der Waals surface area contributed by atoms with Gasteiger partial charge < -0.3 is 30.1 Å². The number of rotatable bonds is 8. The van der Waals surface area contributed by atoms with Gasteiger partial charge in [-0.25, -0.2) is 0 Å². The molecule has 2 aromatic heterocycles. The first-order valence-corrected chi connectivity index (χ1v) is 16.7. The molecule has 4 aromatic rings. The summed E-state index contributed by atoms with van der Waals surface area (Å²) in [4.78, 5) is 30.7. The fourth-order valence-electron chi connectivity index (χ4n) is 5.81. The lowest BCUT2D eigenvalue weighted by molar-refractivity contribution is -0.126. The zero-order valence-corrected chi connectivity index (χ0v) is 30.7. The van der Waals surface area contributed by atoms with Crippen molar-refractivity contribution in [1.29, 1.82) is 5.41 Å². The second-order valence-electron chi connectivity index (χ2n) is 13.0. The van der Waals surface area contributed by atoms with Gasteiger partial charge in [-0.2, -0.15) is 0 Å². The molecule has 0 saturated carbocycles. The Morgan fingerprint density at radius 1 is 1.00 bits per heavy atom. The first-order chi connectivity index (χ1) is 23.8. The summed E-state index contributed by atoms with van der Waals surface area (Å²) in [5.41, 5.74) is 10.1. The highest BCUT2D eigenvalue weighted by Gasteiger charge is 2.26. The lowest BCUT2D eigenvalue weighted by Gasteiger charge is -2.30. The summed E-state index contributed by atoms with van der Waals surface area (Å²) in [7, 11) is 1.85. The number of aldehydes is 1. The third-order valence-corrected chi connectivity index (χ3v) is 8.13. The second kappa shape index (κ2) is 17.4. The quantitative estimate of drug-likeness (QED) is 0.107. The predicted octanol–water partition coefficient (Wildman–Crippen LogP) is 6.87. The van der Waals surface area contributed by atoms with Crippen LogP contribution in [0.25, 0.3) is 33.8 Å². The van der Waals surface area contributed by atoms with Crippen LogP contribution in [0.1, 0.15) is 64.7 Å². The van der Waals surface area contributed by atoms with Gasteiger partial charge in [0.05, 0.1) is 22.3 Å². The number of anilines is 1. The number of carbonyl (C=O) groups is 2. The molecule has 2 aromatic carbocycles. The molecule has 0 saturated heterocycles. The van der Waals surface area contributed by atoms with Crippen molar-refractivity contribution in [3.63, 3.8) is 0 Å². The zero-order chi connectivity index (χ0) is 37.2. The molecule has 0 aliphatic carbocycles. The third kappa shape index (κ3) is 9.42. The molecule has 0 spiro atoms. The minimum Gasteiger partial charge on any atom is -0.391 e. The highest BCUT2D eigenvalue weighted by Crippen LogP contribution is 2.28.